The van der Waals surface area contributed by atoms with Crippen molar-refractivity contribution >= 4 is 29.0 Å². The SMILES string of the molecule is CCOC(=O)Cn1cc(/C=N\NC(=O)[C@H]2[C@@H]3CCCC[C@@]32C)c2ccccc21. The van der Waals surface area contributed by atoms with Gasteiger partial charge in [0.05, 0.1) is 12.8 Å². The first-order chi connectivity index (χ1) is 13.5. The maximum Gasteiger partial charge on any atom is 0.325 e. The minimum absolute atomic E-state index is 0.0286. The number of rotatable bonds is 6. The van der Waals surface area contributed by atoms with Crippen molar-refractivity contribution in [3.05, 3.63) is 36.0 Å². The summed E-state index contributed by atoms with van der Waals surface area (Å²) in [5.41, 5.74) is 4.71. The Hall–Kier alpha value is -2.63. The molecule has 1 aromatic heterocycles. The summed E-state index contributed by atoms with van der Waals surface area (Å²) in [6.45, 7) is 4.53. The van der Waals surface area contributed by atoms with Gasteiger partial charge in [-0.05, 0) is 37.2 Å². The molecule has 0 aliphatic heterocycles. The summed E-state index contributed by atoms with van der Waals surface area (Å²) < 4.78 is 6.91. The second-order valence-corrected chi connectivity index (χ2v) is 8.10. The Morgan fingerprint density at radius 1 is 1.36 bits per heavy atom. The van der Waals surface area contributed by atoms with Gasteiger partial charge in [-0.3, -0.25) is 9.59 Å². The fourth-order valence-electron chi connectivity index (χ4n) is 4.94. The molecule has 2 fully saturated rings. The zero-order valence-electron chi connectivity index (χ0n) is 16.5. The van der Waals surface area contributed by atoms with Crippen molar-refractivity contribution in [3.8, 4) is 0 Å². The van der Waals surface area contributed by atoms with E-state index in [9.17, 15) is 9.59 Å². The monoisotopic (exact) mass is 381 g/mol. The minimum atomic E-state index is -0.273. The van der Waals surface area contributed by atoms with Gasteiger partial charge in [0.15, 0.2) is 0 Å². The number of amides is 1. The molecule has 0 radical (unpaired) electrons. The predicted molar refractivity (Wildman–Crippen MR) is 108 cm³/mol. The highest BCUT2D eigenvalue weighted by Crippen LogP contribution is 2.66. The third-order valence-corrected chi connectivity index (χ3v) is 6.42. The molecule has 1 aromatic carbocycles. The minimum Gasteiger partial charge on any atom is -0.465 e. The van der Waals surface area contributed by atoms with E-state index in [0.29, 0.717) is 12.5 Å². The molecule has 2 saturated carbocycles. The molecule has 1 N–H and O–H groups in total. The van der Waals surface area contributed by atoms with Gasteiger partial charge in [-0.15, -0.1) is 0 Å². The first kappa shape index (κ1) is 18.7. The van der Waals surface area contributed by atoms with E-state index in [4.69, 9.17) is 4.74 Å². The zero-order valence-corrected chi connectivity index (χ0v) is 16.5. The van der Waals surface area contributed by atoms with Crippen molar-refractivity contribution in [2.45, 2.75) is 46.1 Å². The van der Waals surface area contributed by atoms with E-state index in [2.05, 4.69) is 17.5 Å². The van der Waals surface area contributed by atoms with Crippen LogP contribution >= 0.6 is 0 Å². The van der Waals surface area contributed by atoms with Crippen molar-refractivity contribution in [2.24, 2.45) is 22.4 Å². The van der Waals surface area contributed by atoms with Crippen molar-refractivity contribution in [3.63, 3.8) is 0 Å². The van der Waals surface area contributed by atoms with Gasteiger partial charge in [0, 0.05) is 28.6 Å². The molecule has 0 bridgehead atoms. The Balaban J connectivity index is 1.47. The molecule has 1 heterocycles. The highest BCUT2D eigenvalue weighted by molar-refractivity contribution is 6.00. The van der Waals surface area contributed by atoms with E-state index < -0.39 is 0 Å². The van der Waals surface area contributed by atoms with Crippen LogP contribution < -0.4 is 5.43 Å². The molecular weight excluding hydrogens is 354 g/mol. The van der Waals surface area contributed by atoms with Crippen LogP contribution in [-0.2, 0) is 20.9 Å². The van der Waals surface area contributed by atoms with Crippen LogP contribution in [0.5, 0.6) is 0 Å². The number of nitrogens with one attached hydrogen (secondary N) is 1. The highest BCUT2D eigenvalue weighted by Gasteiger charge is 2.64. The van der Waals surface area contributed by atoms with Gasteiger partial charge in [0.25, 0.3) is 0 Å². The molecule has 6 heteroatoms. The molecule has 0 spiro atoms. The van der Waals surface area contributed by atoms with E-state index in [-0.39, 0.29) is 29.8 Å². The molecule has 2 aromatic rings. The number of ether oxygens (including phenoxy) is 1. The van der Waals surface area contributed by atoms with Gasteiger partial charge in [0.2, 0.25) is 5.91 Å². The third kappa shape index (κ3) is 3.32. The molecule has 1 amide bonds. The average molecular weight is 381 g/mol. The van der Waals surface area contributed by atoms with Gasteiger partial charge in [0.1, 0.15) is 6.54 Å². The Morgan fingerprint density at radius 3 is 2.93 bits per heavy atom. The van der Waals surface area contributed by atoms with Crippen molar-refractivity contribution < 1.29 is 14.3 Å². The average Bonchev–Trinajstić information content (AvgIpc) is 3.18. The number of aromatic nitrogens is 1. The number of fused-ring (bicyclic) bond motifs is 2. The first-order valence-electron chi connectivity index (χ1n) is 10.1. The summed E-state index contributed by atoms with van der Waals surface area (Å²) in [4.78, 5) is 24.4. The predicted octanol–water partition coefficient (Wildman–Crippen LogP) is 3.48. The molecule has 0 saturated heterocycles. The summed E-state index contributed by atoms with van der Waals surface area (Å²) in [7, 11) is 0. The van der Waals surface area contributed by atoms with Gasteiger partial charge in [-0.2, -0.15) is 5.10 Å². The molecule has 3 atom stereocenters. The van der Waals surface area contributed by atoms with E-state index in [1.54, 1.807) is 13.1 Å². The lowest BCUT2D eigenvalue weighted by atomic mass is 9.90. The summed E-state index contributed by atoms with van der Waals surface area (Å²) in [6.07, 6.45) is 8.28. The van der Waals surface area contributed by atoms with Crippen LogP contribution in [-0.4, -0.2) is 29.3 Å². The number of hydrogen-bond donors (Lipinski definition) is 1. The summed E-state index contributed by atoms with van der Waals surface area (Å²) in [5, 5.41) is 5.20. The normalized spacial score (nSPS) is 26.2. The van der Waals surface area contributed by atoms with Crippen LogP contribution in [0.4, 0.5) is 0 Å². The van der Waals surface area contributed by atoms with Gasteiger partial charge >= 0.3 is 5.97 Å². The van der Waals surface area contributed by atoms with Crippen LogP contribution in [0.25, 0.3) is 10.9 Å². The van der Waals surface area contributed by atoms with Crippen LogP contribution in [0, 0.1) is 17.3 Å². The van der Waals surface area contributed by atoms with Crippen molar-refractivity contribution in [1.29, 1.82) is 0 Å². The van der Waals surface area contributed by atoms with Crippen molar-refractivity contribution in [1.82, 2.24) is 9.99 Å². The standard InChI is InChI=1S/C22H27N3O3/c1-3-28-19(26)14-25-13-15(16-8-4-5-10-18(16)25)12-23-24-21(27)20-17-9-6-7-11-22(17,20)2/h4-5,8,10,12-13,17,20H,3,6-7,9,11,14H2,1-2H3,(H,24,27)/b23-12-/t17-,20+,22-/m0/s1. The quantitative estimate of drug-likeness (QED) is 0.473. The largest absolute Gasteiger partial charge is 0.465 e. The molecule has 148 valence electrons. The summed E-state index contributed by atoms with van der Waals surface area (Å²) in [6, 6.07) is 7.82. The fourth-order valence-corrected chi connectivity index (χ4v) is 4.94. The molecule has 2 aliphatic carbocycles. The van der Waals surface area contributed by atoms with Gasteiger partial charge in [-0.1, -0.05) is 38.0 Å². The number of hydrazone groups is 1. The number of para-hydroxylation sites is 1. The number of carbonyl (C=O) groups is 2. The Morgan fingerprint density at radius 2 is 2.18 bits per heavy atom. The Labute approximate surface area is 164 Å². The van der Waals surface area contributed by atoms with Crippen LogP contribution in [0.1, 0.15) is 45.1 Å². The molecule has 0 unspecified atom stereocenters. The lowest BCUT2D eigenvalue weighted by molar-refractivity contribution is -0.143. The van der Waals surface area contributed by atoms with E-state index in [0.717, 1.165) is 29.3 Å². The molecule has 2 aliphatic rings. The lowest BCUT2D eigenvalue weighted by Gasteiger charge is -2.15. The highest BCUT2D eigenvalue weighted by atomic mass is 16.5. The summed E-state index contributed by atoms with van der Waals surface area (Å²) >= 11 is 0. The van der Waals surface area contributed by atoms with E-state index in [1.807, 2.05) is 35.0 Å². The summed E-state index contributed by atoms with van der Waals surface area (Å²) in [5.74, 6) is 0.366. The lowest BCUT2D eigenvalue weighted by Crippen LogP contribution is -2.22. The van der Waals surface area contributed by atoms with Crippen LogP contribution in [0.3, 0.4) is 0 Å². The third-order valence-electron chi connectivity index (χ3n) is 6.42. The molecular formula is C22H27N3O3. The molecule has 6 nitrogen and oxygen atoms in total. The number of nitrogens with zero attached hydrogens (tertiary/aromatic N) is 2. The van der Waals surface area contributed by atoms with Crippen LogP contribution in [0.2, 0.25) is 0 Å². The van der Waals surface area contributed by atoms with E-state index >= 15 is 0 Å². The second kappa shape index (κ2) is 7.41. The van der Waals surface area contributed by atoms with Crippen molar-refractivity contribution in [2.75, 3.05) is 6.61 Å². The fraction of sp³-hybridized carbons (Fsp3) is 0.500. The van der Waals surface area contributed by atoms with Gasteiger partial charge in [-0.25, -0.2) is 5.43 Å². The Kier molecular flexibility index (Phi) is 4.96. The smallest absolute Gasteiger partial charge is 0.325 e. The molecule has 4 rings (SSSR count). The van der Waals surface area contributed by atoms with Gasteiger partial charge < -0.3 is 9.30 Å². The number of carbonyl (C=O) groups excluding carboxylic acids is 2. The first-order valence-corrected chi connectivity index (χ1v) is 10.1. The maximum absolute atomic E-state index is 12.6. The maximum atomic E-state index is 12.6. The Bertz CT molecular complexity index is 932. The topological polar surface area (TPSA) is 72.7 Å². The number of benzene rings is 1. The number of hydrogen-bond acceptors (Lipinski definition) is 4. The van der Waals surface area contributed by atoms with E-state index in [1.165, 1.54) is 12.8 Å². The number of esters is 1. The van der Waals surface area contributed by atoms with Crippen LogP contribution in [0.15, 0.2) is 35.6 Å². The molecule has 28 heavy (non-hydrogen) atoms. The zero-order chi connectivity index (χ0) is 19.7. The second-order valence-electron chi connectivity index (χ2n) is 8.10.